The molecule has 29 heavy (non-hydrogen) atoms. The average molecular weight is 410 g/mol. The molecule has 0 bridgehead atoms. The Bertz CT molecular complexity index is 1130. The largest absolute Gasteiger partial charge is 0.352 e. The lowest BCUT2D eigenvalue weighted by atomic mass is 10.0. The van der Waals surface area contributed by atoms with Crippen LogP contribution in [0.15, 0.2) is 41.5 Å². The summed E-state index contributed by atoms with van der Waals surface area (Å²) in [4.78, 5) is 43.4. The predicted molar refractivity (Wildman–Crippen MR) is 112 cm³/mol. The van der Waals surface area contributed by atoms with Gasteiger partial charge < -0.3 is 15.2 Å². The number of hydrogen-bond acceptors (Lipinski definition) is 5. The van der Waals surface area contributed by atoms with Gasteiger partial charge >= 0.3 is 0 Å². The third-order valence-corrected chi connectivity index (χ3v) is 6.24. The number of rotatable bonds is 6. The Labute approximate surface area is 171 Å². The number of fused-ring (bicyclic) bond motifs is 1. The third kappa shape index (κ3) is 4.07. The van der Waals surface area contributed by atoms with Crippen LogP contribution < -0.4 is 16.2 Å². The van der Waals surface area contributed by atoms with Crippen LogP contribution in [0.2, 0.25) is 0 Å². The Kier molecular flexibility index (Phi) is 5.19. The van der Waals surface area contributed by atoms with Crippen molar-refractivity contribution >= 4 is 33.4 Å². The van der Waals surface area contributed by atoms with Gasteiger partial charge in [0.1, 0.15) is 10.9 Å². The predicted octanol–water partition coefficient (Wildman–Crippen LogP) is 1.92. The van der Waals surface area contributed by atoms with E-state index in [4.69, 9.17) is 0 Å². The highest BCUT2D eigenvalue weighted by molar-refractivity contribution is 7.20. The first-order valence-corrected chi connectivity index (χ1v) is 10.4. The van der Waals surface area contributed by atoms with Gasteiger partial charge in [0.2, 0.25) is 5.91 Å². The molecule has 2 amide bonds. The second kappa shape index (κ2) is 7.79. The average Bonchev–Trinajstić information content (AvgIpc) is 3.45. The van der Waals surface area contributed by atoms with Gasteiger partial charge in [-0.3, -0.25) is 14.4 Å². The zero-order chi connectivity index (χ0) is 20.5. The van der Waals surface area contributed by atoms with E-state index in [2.05, 4.69) is 15.6 Å². The molecule has 0 radical (unpaired) electrons. The van der Waals surface area contributed by atoms with Crippen molar-refractivity contribution in [2.45, 2.75) is 38.3 Å². The lowest BCUT2D eigenvalue weighted by molar-refractivity contribution is -0.123. The molecule has 0 saturated heterocycles. The van der Waals surface area contributed by atoms with Crippen molar-refractivity contribution in [3.05, 3.63) is 63.0 Å². The maximum atomic E-state index is 13.0. The molecule has 7 nitrogen and oxygen atoms in total. The molecule has 3 aromatic rings. The van der Waals surface area contributed by atoms with Crippen molar-refractivity contribution in [1.82, 2.24) is 20.2 Å². The van der Waals surface area contributed by atoms with Crippen LogP contribution in [0.3, 0.4) is 0 Å². The zero-order valence-electron chi connectivity index (χ0n) is 16.3. The van der Waals surface area contributed by atoms with Crippen LogP contribution in [-0.2, 0) is 18.3 Å². The van der Waals surface area contributed by atoms with Crippen LogP contribution in [0.4, 0.5) is 0 Å². The Morgan fingerprint density at radius 3 is 2.69 bits per heavy atom. The van der Waals surface area contributed by atoms with Gasteiger partial charge in [0.15, 0.2) is 0 Å². The molecular weight excluding hydrogens is 388 g/mol. The molecule has 1 aromatic carbocycles. The number of carbonyl (C=O) groups excluding carboxylic acids is 2. The van der Waals surface area contributed by atoms with Gasteiger partial charge in [-0.1, -0.05) is 30.3 Å². The summed E-state index contributed by atoms with van der Waals surface area (Å²) >= 11 is 1.17. The van der Waals surface area contributed by atoms with Gasteiger partial charge in [0.25, 0.3) is 11.5 Å². The molecule has 2 heterocycles. The van der Waals surface area contributed by atoms with Crippen LogP contribution in [0.25, 0.3) is 10.2 Å². The van der Waals surface area contributed by atoms with E-state index in [-0.39, 0.29) is 23.4 Å². The van der Waals surface area contributed by atoms with E-state index < -0.39 is 6.04 Å². The van der Waals surface area contributed by atoms with Gasteiger partial charge in [-0.05, 0) is 30.9 Å². The van der Waals surface area contributed by atoms with Crippen molar-refractivity contribution in [1.29, 1.82) is 0 Å². The summed E-state index contributed by atoms with van der Waals surface area (Å²) in [6.45, 7) is 1.74. The fourth-order valence-corrected chi connectivity index (χ4v) is 4.28. The van der Waals surface area contributed by atoms with E-state index in [1.807, 2.05) is 30.3 Å². The van der Waals surface area contributed by atoms with Crippen molar-refractivity contribution < 1.29 is 9.59 Å². The number of nitrogens with zero attached hydrogens (tertiary/aromatic N) is 2. The quantitative estimate of drug-likeness (QED) is 0.649. The molecule has 1 fully saturated rings. The standard InChI is InChI=1S/C21H22N4O3S/c1-12-16-20(22-11-25(2)21(16)28)29-17(12)19(27)24-15(18(26)23-14-8-9-14)10-13-6-4-3-5-7-13/h3-7,11,14-15H,8-10H2,1-2H3,(H,23,26)(H,24,27). The molecule has 150 valence electrons. The maximum Gasteiger partial charge on any atom is 0.262 e. The van der Waals surface area contributed by atoms with Crippen LogP contribution >= 0.6 is 11.3 Å². The highest BCUT2D eigenvalue weighted by Gasteiger charge is 2.30. The molecule has 4 rings (SSSR count). The number of aryl methyl sites for hydroxylation is 2. The molecule has 1 aliphatic carbocycles. The number of hydrogen-bond donors (Lipinski definition) is 2. The lowest BCUT2D eigenvalue weighted by Gasteiger charge is -2.18. The first-order valence-electron chi connectivity index (χ1n) is 9.54. The summed E-state index contributed by atoms with van der Waals surface area (Å²) in [6, 6.07) is 9.11. The SMILES string of the molecule is Cc1c(C(=O)NC(Cc2ccccc2)C(=O)NC2CC2)sc2ncn(C)c(=O)c12. The van der Waals surface area contributed by atoms with Crippen LogP contribution in [-0.4, -0.2) is 33.4 Å². The molecule has 0 aliphatic heterocycles. The van der Waals surface area contributed by atoms with Gasteiger partial charge in [0, 0.05) is 19.5 Å². The number of benzene rings is 1. The molecule has 1 aliphatic rings. The minimum Gasteiger partial charge on any atom is -0.352 e. The summed E-state index contributed by atoms with van der Waals surface area (Å²) in [5.41, 5.74) is 1.37. The van der Waals surface area contributed by atoms with Crippen molar-refractivity contribution in [3.8, 4) is 0 Å². The van der Waals surface area contributed by atoms with Gasteiger partial charge in [-0.15, -0.1) is 11.3 Å². The molecule has 0 spiro atoms. The first kappa shape index (κ1) is 19.3. The third-order valence-electron chi connectivity index (χ3n) is 5.05. The van der Waals surface area contributed by atoms with Crippen LogP contribution in [0.1, 0.15) is 33.6 Å². The molecule has 2 aromatic heterocycles. The Balaban J connectivity index is 1.61. The summed E-state index contributed by atoms with van der Waals surface area (Å²) in [7, 11) is 1.63. The Morgan fingerprint density at radius 2 is 2.00 bits per heavy atom. The zero-order valence-corrected chi connectivity index (χ0v) is 17.1. The normalized spacial score (nSPS) is 14.6. The monoisotopic (exact) mass is 410 g/mol. The topological polar surface area (TPSA) is 93.1 Å². The van der Waals surface area contributed by atoms with E-state index >= 15 is 0 Å². The fraction of sp³-hybridized carbons (Fsp3) is 0.333. The summed E-state index contributed by atoms with van der Waals surface area (Å²) < 4.78 is 1.39. The number of nitrogens with one attached hydrogen (secondary N) is 2. The van der Waals surface area contributed by atoms with E-state index in [0.29, 0.717) is 27.1 Å². The molecule has 1 atom stereocenters. The van der Waals surface area contributed by atoms with Crippen LogP contribution in [0.5, 0.6) is 0 Å². The van der Waals surface area contributed by atoms with E-state index in [1.54, 1.807) is 14.0 Å². The number of amides is 2. The summed E-state index contributed by atoms with van der Waals surface area (Å²) in [5, 5.41) is 6.30. The van der Waals surface area contributed by atoms with Gasteiger partial charge in [0.05, 0.1) is 16.6 Å². The highest BCUT2D eigenvalue weighted by Crippen LogP contribution is 2.27. The Hall–Kier alpha value is -3.00. The number of thiophene rings is 1. The molecule has 8 heteroatoms. The minimum atomic E-state index is -0.689. The van der Waals surface area contributed by atoms with E-state index in [0.717, 1.165) is 18.4 Å². The van der Waals surface area contributed by atoms with Gasteiger partial charge in [-0.2, -0.15) is 0 Å². The first-order chi connectivity index (χ1) is 13.9. The minimum absolute atomic E-state index is 0.183. The molecule has 2 N–H and O–H groups in total. The van der Waals surface area contributed by atoms with Gasteiger partial charge in [-0.25, -0.2) is 4.98 Å². The number of aromatic nitrogens is 2. The lowest BCUT2D eigenvalue weighted by Crippen LogP contribution is -2.48. The van der Waals surface area contributed by atoms with Crippen molar-refractivity contribution in [2.75, 3.05) is 0 Å². The molecule has 1 unspecified atom stereocenters. The smallest absolute Gasteiger partial charge is 0.262 e. The second-order valence-electron chi connectivity index (χ2n) is 7.40. The van der Waals surface area contributed by atoms with Crippen LogP contribution in [0, 0.1) is 6.92 Å². The van der Waals surface area contributed by atoms with E-state index in [9.17, 15) is 14.4 Å². The summed E-state index contributed by atoms with van der Waals surface area (Å²) in [5.74, 6) is -0.545. The number of carbonyl (C=O) groups is 2. The molecule has 1 saturated carbocycles. The summed E-state index contributed by atoms with van der Waals surface area (Å²) in [6.07, 6.45) is 3.79. The van der Waals surface area contributed by atoms with E-state index in [1.165, 1.54) is 22.2 Å². The fourth-order valence-electron chi connectivity index (χ4n) is 3.24. The second-order valence-corrected chi connectivity index (χ2v) is 8.39. The van der Waals surface area contributed by atoms with Crippen molar-refractivity contribution in [3.63, 3.8) is 0 Å². The maximum absolute atomic E-state index is 13.0. The Morgan fingerprint density at radius 1 is 1.28 bits per heavy atom. The molecular formula is C21H22N4O3S. The van der Waals surface area contributed by atoms with Crippen molar-refractivity contribution in [2.24, 2.45) is 7.05 Å². The highest BCUT2D eigenvalue weighted by atomic mass is 32.1.